The largest absolute Gasteiger partial charge is 0.463 e. The van der Waals surface area contributed by atoms with Crippen LogP contribution >= 0.6 is 0 Å². The van der Waals surface area contributed by atoms with E-state index in [9.17, 15) is 22.8 Å². The number of esters is 1. The SMILES string of the molecule is CCOC(=O)C1=C(C(F)(F)F)NC(=O)CC1c1ccc2c(c1)OCO2. The van der Waals surface area contributed by atoms with Crippen molar-refractivity contribution >= 4 is 11.9 Å². The van der Waals surface area contributed by atoms with Gasteiger partial charge in [0.15, 0.2) is 11.5 Å². The molecule has 0 aliphatic carbocycles. The summed E-state index contributed by atoms with van der Waals surface area (Å²) in [5.74, 6) is -2.25. The predicted molar refractivity (Wildman–Crippen MR) is 77.8 cm³/mol. The first kappa shape index (κ1) is 17.1. The molecule has 1 N–H and O–H groups in total. The van der Waals surface area contributed by atoms with Gasteiger partial charge in [-0.15, -0.1) is 0 Å². The molecular formula is C16H14F3NO5. The Kier molecular flexibility index (Phi) is 4.32. The van der Waals surface area contributed by atoms with Crippen LogP contribution in [-0.2, 0) is 14.3 Å². The van der Waals surface area contributed by atoms with Gasteiger partial charge in [-0.3, -0.25) is 4.79 Å². The van der Waals surface area contributed by atoms with Crippen LogP contribution in [0.25, 0.3) is 0 Å². The molecule has 0 spiro atoms. The Labute approximate surface area is 140 Å². The summed E-state index contributed by atoms with van der Waals surface area (Å²) in [7, 11) is 0. The lowest BCUT2D eigenvalue weighted by atomic mass is 9.84. The summed E-state index contributed by atoms with van der Waals surface area (Å²) in [4.78, 5) is 24.0. The van der Waals surface area contributed by atoms with Crippen molar-refractivity contribution in [2.75, 3.05) is 13.4 Å². The van der Waals surface area contributed by atoms with Crippen LogP contribution in [0.3, 0.4) is 0 Å². The van der Waals surface area contributed by atoms with E-state index in [2.05, 4.69) is 0 Å². The molecular weight excluding hydrogens is 343 g/mol. The fourth-order valence-electron chi connectivity index (χ4n) is 2.81. The maximum atomic E-state index is 13.3. The minimum atomic E-state index is -4.90. The van der Waals surface area contributed by atoms with E-state index in [0.29, 0.717) is 17.1 Å². The molecule has 2 heterocycles. The molecule has 2 aliphatic heterocycles. The normalized spacial score (nSPS) is 19.7. The number of hydrogen-bond donors (Lipinski definition) is 1. The van der Waals surface area contributed by atoms with Crippen molar-refractivity contribution in [3.63, 3.8) is 0 Å². The minimum Gasteiger partial charge on any atom is -0.463 e. The Balaban J connectivity index is 2.11. The van der Waals surface area contributed by atoms with E-state index in [-0.39, 0.29) is 19.8 Å². The van der Waals surface area contributed by atoms with Crippen molar-refractivity contribution in [2.45, 2.75) is 25.4 Å². The van der Waals surface area contributed by atoms with Crippen LogP contribution in [0.2, 0.25) is 0 Å². The van der Waals surface area contributed by atoms with Crippen molar-refractivity contribution in [2.24, 2.45) is 0 Å². The second kappa shape index (κ2) is 6.30. The Morgan fingerprint density at radius 3 is 2.72 bits per heavy atom. The molecule has 0 fully saturated rings. The summed E-state index contributed by atoms with van der Waals surface area (Å²) < 4.78 is 55.2. The molecule has 0 bridgehead atoms. The van der Waals surface area contributed by atoms with Gasteiger partial charge in [-0.2, -0.15) is 13.2 Å². The number of hydrogen-bond acceptors (Lipinski definition) is 5. The highest BCUT2D eigenvalue weighted by atomic mass is 19.4. The van der Waals surface area contributed by atoms with Crippen molar-refractivity contribution in [1.82, 2.24) is 5.32 Å². The van der Waals surface area contributed by atoms with Crippen LogP contribution in [-0.4, -0.2) is 31.5 Å². The number of fused-ring (bicyclic) bond motifs is 1. The first-order valence-corrected chi connectivity index (χ1v) is 7.49. The van der Waals surface area contributed by atoms with Gasteiger partial charge < -0.3 is 19.5 Å². The van der Waals surface area contributed by atoms with Gasteiger partial charge in [0, 0.05) is 12.3 Å². The van der Waals surface area contributed by atoms with E-state index in [0.717, 1.165) is 0 Å². The van der Waals surface area contributed by atoms with Crippen molar-refractivity contribution in [1.29, 1.82) is 0 Å². The summed E-state index contributed by atoms with van der Waals surface area (Å²) in [5, 5.41) is 1.76. The number of carbonyl (C=O) groups excluding carboxylic acids is 2. The Bertz CT molecular complexity index is 757. The summed E-state index contributed by atoms with van der Waals surface area (Å²) in [5.41, 5.74) is -1.67. The monoisotopic (exact) mass is 357 g/mol. The molecule has 1 aromatic carbocycles. The number of allylic oxidation sites excluding steroid dienone is 1. The molecule has 0 saturated carbocycles. The van der Waals surface area contributed by atoms with Crippen molar-refractivity contribution in [3.8, 4) is 11.5 Å². The molecule has 0 aromatic heterocycles. The zero-order chi connectivity index (χ0) is 18.2. The second-order valence-corrected chi connectivity index (χ2v) is 5.42. The third-order valence-corrected chi connectivity index (χ3v) is 3.85. The van der Waals surface area contributed by atoms with Crippen LogP contribution in [0, 0.1) is 0 Å². The number of ether oxygens (including phenoxy) is 3. The fraction of sp³-hybridized carbons (Fsp3) is 0.375. The minimum absolute atomic E-state index is 0.00167. The third-order valence-electron chi connectivity index (χ3n) is 3.85. The summed E-state index contributed by atoms with van der Waals surface area (Å²) in [6, 6.07) is 4.50. The third kappa shape index (κ3) is 3.26. The van der Waals surface area contributed by atoms with E-state index >= 15 is 0 Å². The average molecular weight is 357 g/mol. The quantitative estimate of drug-likeness (QED) is 0.841. The Hall–Kier alpha value is -2.71. The first-order valence-electron chi connectivity index (χ1n) is 7.49. The number of carbonyl (C=O) groups is 2. The van der Waals surface area contributed by atoms with Crippen LogP contribution < -0.4 is 14.8 Å². The van der Waals surface area contributed by atoms with Crippen LogP contribution in [0.1, 0.15) is 24.8 Å². The summed E-state index contributed by atoms with van der Waals surface area (Å²) in [6.07, 6.45) is -5.21. The van der Waals surface area contributed by atoms with E-state index in [1.54, 1.807) is 5.32 Å². The molecule has 9 heteroatoms. The number of nitrogens with one attached hydrogen (secondary N) is 1. The molecule has 25 heavy (non-hydrogen) atoms. The first-order chi connectivity index (χ1) is 11.8. The van der Waals surface area contributed by atoms with Gasteiger partial charge in [-0.25, -0.2) is 4.79 Å². The smallest absolute Gasteiger partial charge is 0.431 e. The molecule has 1 amide bonds. The van der Waals surface area contributed by atoms with Crippen LogP contribution in [0.15, 0.2) is 29.5 Å². The molecule has 1 atom stereocenters. The standard InChI is InChI=1S/C16H14F3NO5/c1-2-23-15(22)13-9(6-12(21)20-14(13)16(17,18)19)8-3-4-10-11(5-8)25-7-24-10/h3-5,9H,2,6-7H2,1H3,(H,20,21). The molecule has 0 radical (unpaired) electrons. The van der Waals surface area contributed by atoms with Gasteiger partial charge in [-0.1, -0.05) is 6.07 Å². The molecule has 134 valence electrons. The van der Waals surface area contributed by atoms with Crippen LogP contribution in [0.4, 0.5) is 13.2 Å². The van der Waals surface area contributed by atoms with Gasteiger partial charge in [0.05, 0.1) is 12.2 Å². The zero-order valence-corrected chi connectivity index (χ0v) is 13.1. The van der Waals surface area contributed by atoms with Gasteiger partial charge in [0.25, 0.3) is 0 Å². The molecule has 1 unspecified atom stereocenters. The second-order valence-electron chi connectivity index (χ2n) is 5.42. The number of rotatable bonds is 3. The van der Waals surface area contributed by atoms with E-state index < -0.39 is 35.2 Å². The van der Waals surface area contributed by atoms with Crippen molar-refractivity contribution < 1.29 is 37.0 Å². The number of alkyl halides is 3. The molecule has 0 saturated heterocycles. The van der Waals surface area contributed by atoms with Gasteiger partial charge in [-0.05, 0) is 24.6 Å². The molecule has 2 aliphatic rings. The lowest BCUT2D eigenvalue weighted by molar-refractivity contribution is -0.142. The summed E-state index contributed by atoms with van der Waals surface area (Å²) in [6.45, 7) is 1.40. The maximum absolute atomic E-state index is 13.3. The highest BCUT2D eigenvalue weighted by Gasteiger charge is 2.46. The highest BCUT2D eigenvalue weighted by Crippen LogP contribution is 2.42. The lowest BCUT2D eigenvalue weighted by Crippen LogP contribution is -2.41. The molecule has 6 nitrogen and oxygen atoms in total. The van der Waals surface area contributed by atoms with E-state index in [1.165, 1.54) is 25.1 Å². The highest BCUT2D eigenvalue weighted by molar-refractivity contribution is 5.96. The van der Waals surface area contributed by atoms with Gasteiger partial charge in [0.1, 0.15) is 5.70 Å². The topological polar surface area (TPSA) is 73.9 Å². The number of amides is 1. The zero-order valence-electron chi connectivity index (χ0n) is 13.1. The van der Waals surface area contributed by atoms with E-state index in [4.69, 9.17) is 14.2 Å². The van der Waals surface area contributed by atoms with Crippen molar-refractivity contribution in [3.05, 3.63) is 35.0 Å². The number of halogens is 3. The summed E-state index contributed by atoms with van der Waals surface area (Å²) >= 11 is 0. The average Bonchev–Trinajstić information content (AvgIpc) is 3.00. The Morgan fingerprint density at radius 2 is 2.04 bits per heavy atom. The van der Waals surface area contributed by atoms with Crippen LogP contribution in [0.5, 0.6) is 11.5 Å². The fourth-order valence-corrected chi connectivity index (χ4v) is 2.81. The van der Waals surface area contributed by atoms with Gasteiger partial charge >= 0.3 is 12.1 Å². The maximum Gasteiger partial charge on any atom is 0.431 e. The number of benzene rings is 1. The Morgan fingerprint density at radius 1 is 1.32 bits per heavy atom. The van der Waals surface area contributed by atoms with Gasteiger partial charge in [0.2, 0.25) is 12.7 Å². The predicted octanol–water partition coefficient (Wildman–Crippen LogP) is 2.40. The lowest BCUT2D eigenvalue weighted by Gasteiger charge is -2.28. The van der Waals surface area contributed by atoms with E-state index in [1.807, 2.05) is 0 Å². The molecule has 1 aromatic rings. The molecule has 3 rings (SSSR count).